The minimum absolute atomic E-state index is 0.0419. The molecule has 2 fully saturated rings. The van der Waals surface area contributed by atoms with Crippen molar-refractivity contribution in [3.8, 4) is 0 Å². The Morgan fingerprint density at radius 3 is 2.54 bits per heavy atom. The molecule has 2 saturated carbocycles. The van der Waals surface area contributed by atoms with Crippen LogP contribution in [0.3, 0.4) is 0 Å². The molecule has 0 spiro atoms. The molecule has 0 aromatic carbocycles. The van der Waals surface area contributed by atoms with E-state index in [2.05, 4.69) is 13.0 Å². The van der Waals surface area contributed by atoms with Gasteiger partial charge in [0.2, 0.25) is 0 Å². The van der Waals surface area contributed by atoms with Crippen LogP contribution < -0.4 is 0 Å². The van der Waals surface area contributed by atoms with Gasteiger partial charge in [-0.1, -0.05) is 39.3 Å². The van der Waals surface area contributed by atoms with Gasteiger partial charge in [0.05, 0.1) is 0 Å². The molecule has 0 aliphatic heterocycles. The number of aliphatic hydroxyl groups is 2. The zero-order chi connectivity index (χ0) is 17.9. The maximum absolute atomic E-state index is 12.5. The molecule has 4 heteroatoms. The van der Waals surface area contributed by atoms with Crippen molar-refractivity contribution in [1.82, 2.24) is 0 Å². The van der Waals surface area contributed by atoms with Crippen LogP contribution in [0.25, 0.3) is 0 Å². The van der Waals surface area contributed by atoms with Gasteiger partial charge in [-0.2, -0.15) is 0 Å². The van der Waals surface area contributed by atoms with Crippen LogP contribution in [-0.2, 0) is 9.59 Å². The molecular formula is C20H30O4. The number of carbonyl (C=O) groups excluding carboxylic acids is 2. The van der Waals surface area contributed by atoms with Gasteiger partial charge in [0.25, 0.3) is 0 Å². The number of hydrogen-bond donors (Lipinski definition) is 2. The van der Waals surface area contributed by atoms with E-state index in [4.69, 9.17) is 0 Å². The molecule has 3 rings (SSSR count). The Labute approximate surface area is 144 Å². The van der Waals surface area contributed by atoms with Gasteiger partial charge in [0, 0.05) is 17.3 Å². The second kappa shape index (κ2) is 5.50. The minimum atomic E-state index is -0.879. The fraction of sp³-hybridized carbons (Fsp3) is 0.800. The van der Waals surface area contributed by atoms with Crippen LogP contribution in [0.4, 0.5) is 0 Å². The summed E-state index contributed by atoms with van der Waals surface area (Å²) >= 11 is 0. The Morgan fingerprint density at radius 2 is 1.92 bits per heavy atom. The van der Waals surface area contributed by atoms with Crippen molar-refractivity contribution in [2.24, 2.45) is 28.1 Å². The van der Waals surface area contributed by atoms with Crippen LogP contribution in [-0.4, -0.2) is 34.5 Å². The molecule has 134 valence electrons. The average molecular weight is 334 g/mol. The molecule has 0 bridgehead atoms. The number of allylic oxidation sites excluding steroid dienone is 2. The predicted molar refractivity (Wildman–Crippen MR) is 91.2 cm³/mol. The summed E-state index contributed by atoms with van der Waals surface area (Å²) in [7, 11) is 0. The van der Waals surface area contributed by atoms with Gasteiger partial charge in [-0.25, -0.2) is 0 Å². The van der Waals surface area contributed by atoms with Gasteiger partial charge in [-0.3, -0.25) is 9.59 Å². The summed E-state index contributed by atoms with van der Waals surface area (Å²) in [6.45, 7) is 7.79. The van der Waals surface area contributed by atoms with Crippen LogP contribution >= 0.6 is 0 Å². The third kappa shape index (κ3) is 2.33. The Balaban J connectivity index is 1.96. The molecule has 0 saturated heterocycles. The normalized spacial score (nSPS) is 44.3. The Hall–Kier alpha value is -1.00. The van der Waals surface area contributed by atoms with E-state index in [1.165, 1.54) is 5.57 Å². The van der Waals surface area contributed by atoms with Crippen molar-refractivity contribution < 1.29 is 19.8 Å². The number of Topliss-reactive ketones (excluding diaryl/α,β-unsaturated/α-hetero) is 2. The molecule has 0 radical (unpaired) electrons. The molecule has 3 aliphatic rings. The first-order valence-corrected chi connectivity index (χ1v) is 9.10. The number of fused-ring (bicyclic) bond motifs is 3. The fourth-order valence-electron chi connectivity index (χ4n) is 5.97. The molecule has 0 heterocycles. The quantitative estimate of drug-likeness (QED) is 0.761. The highest BCUT2D eigenvalue weighted by Gasteiger charge is 2.59. The average Bonchev–Trinajstić information content (AvgIpc) is 2.51. The van der Waals surface area contributed by atoms with Crippen molar-refractivity contribution in [3.63, 3.8) is 0 Å². The summed E-state index contributed by atoms with van der Waals surface area (Å²) in [6, 6.07) is 0. The van der Waals surface area contributed by atoms with Crippen molar-refractivity contribution >= 4 is 11.6 Å². The van der Waals surface area contributed by atoms with Gasteiger partial charge in [-0.05, 0) is 42.9 Å². The summed E-state index contributed by atoms with van der Waals surface area (Å²) in [5, 5.41) is 19.7. The first kappa shape index (κ1) is 17.8. The maximum atomic E-state index is 12.5. The number of hydrogen-bond acceptors (Lipinski definition) is 4. The molecule has 2 N–H and O–H groups in total. The molecule has 3 aliphatic carbocycles. The predicted octanol–water partition coefficient (Wildman–Crippen LogP) is 2.67. The summed E-state index contributed by atoms with van der Waals surface area (Å²) < 4.78 is 0. The maximum Gasteiger partial charge on any atom is 0.164 e. The summed E-state index contributed by atoms with van der Waals surface area (Å²) in [5.41, 5.74) is 0.235. The fourth-order valence-corrected chi connectivity index (χ4v) is 5.97. The lowest BCUT2D eigenvalue weighted by Crippen LogP contribution is -2.59. The van der Waals surface area contributed by atoms with Crippen LogP contribution in [0, 0.1) is 28.1 Å². The summed E-state index contributed by atoms with van der Waals surface area (Å²) in [4.78, 5) is 24.6. The Bertz CT molecular complexity index is 605. The number of carbonyl (C=O) groups is 2. The van der Waals surface area contributed by atoms with E-state index in [9.17, 15) is 19.8 Å². The molecule has 24 heavy (non-hydrogen) atoms. The van der Waals surface area contributed by atoms with Crippen LogP contribution in [0.15, 0.2) is 11.6 Å². The minimum Gasteiger partial charge on any atom is -0.389 e. The van der Waals surface area contributed by atoms with E-state index in [0.717, 1.165) is 19.3 Å². The van der Waals surface area contributed by atoms with E-state index < -0.39 is 23.5 Å². The number of ketones is 2. The summed E-state index contributed by atoms with van der Waals surface area (Å²) in [5.74, 6) is 0.445. The van der Waals surface area contributed by atoms with E-state index in [1.807, 2.05) is 20.8 Å². The zero-order valence-corrected chi connectivity index (χ0v) is 15.3. The Kier molecular flexibility index (Phi) is 4.08. The lowest BCUT2D eigenvalue weighted by molar-refractivity contribution is -0.161. The topological polar surface area (TPSA) is 74.6 Å². The molecule has 0 unspecified atom stereocenters. The SMILES string of the molecule is CC1(C)[C@@H](O)C(=O)C[C@]2(C)[C@H]3CC[C@](C)(C(=O)CO)CC3=CC[C@@H]12. The van der Waals surface area contributed by atoms with Crippen molar-refractivity contribution in [2.75, 3.05) is 6.61 Å². The molecule has 0 aromatic heterocycles. The highest BCUT2D eigenvalue weighted by molar-refractivity contribution is 5.87. The third-order valence-corrected chi connectivity index (χ3v) is 7.51. The van der Waals surface area contributed by atoms with Crippen LogP contribution in [0.1, 0.15) is 59.8 Å². The lowest BCUT2D eigenvalue weighted by Gasteiger charge is -2.59. The van der Waals surface area contributed by atoms with Crippen molar-refractivity contribution in [1.29, 1.82) is 0 Å². The van der Waals surface area contributed by atoms with Crippen LogP contribution in [0.2, 0.25) is 0 Å². The molecular weight excluding hydrogens is 304 g/mol. The van der Waals surface area contributed by atoms with E-state index in [0.29, 0.717) is 18.8 Å². The van der Waals surface area contributed by atoms with Crippen molar-refractivity contribution in [3.05, 3.63) is 11.6 Å². The monoisotopic (exact) mass is 334 g/mol. The number of rotatable bonds is 2. The van der Waals surface area contributed by atoms with Gasteiger partial charge < -0.3 is 10.2 Å². The zero-order valence-electron chi connectivity index (χ0n) is 15.3. The largest absolute Gasteiger partial charge is 0.389 e. The molecule has 0 amide bonds. The first-order valence-electron chi connectivity index (χ1n) is 9.10. The summed E-state index contributed by atoms with van der Waals surface area (Å²) in [6.07, 6.45) is 4.97. The highest BCUT2D eigenvalue weighted by atomic mass is 16.3. The van der Waals surface area contributed by atoms with Crippen LogP contribution in [0.5, 0.6) is 0 Å². The van der Waals surface area contributed by atoms with Gasteiger partial charge >= 0.3 is 0 Å². The second-order valence-electron chi connectivity index (χ2n) is 9.35. The van der Waals surface area contributed by atoms with E-state index >= 15 is 0 Å². The van der Waals surface area contributed by atoms with Crippen molar-refractivity contribution in [2.45, 2.75) is 65.9 Å². The standard InChI is InChI=1S/C20H30O4/c1-18(2)15-6-5-12-9-19(3,16(23)11-21)8-7-13(12)20(15,4)10-14(22)17(18)24/h5,13,15,17,21,24H,6-11H2,1-4H3/t13-,15-,17-,19-,20+/m0/s1. The highest BCUT2D eigenvalue weighted by Crippen LogP contribution is 2.62. The van der Waals surface area contributed by atoms with E-state index in [-0.39, 0.29) is 22.9 Å². The van der Waals surface area contributed by atoms with E-state index in [1.54, 1.807) is 0 Å². The number of aliphatic hydroxyl groups excluding tert-OH is 2. The smallest absolute Gasteiger partial charge is 0.164 e. The Morgan fingerprint density at radius 1 is 1.25 bits per heavy atom. The first-order chi connectivity index (χ1) is 11.1. The van der Waals surface area contributed by atoms with Gasteiger partial charge in [-0.15, -0.1) is 0 Å². The van der Waals surface area contributed by atoms with Gasteiger partial charge in [0.1, 0.15) is 12.7 Å². The lowest BCUT2D eigenvalue weighted by atomic mass is 9.45. The molecule has 4 nitrogen and oxygen atoms in total. The molecule has 0 aromatic rings. The third-order valence-electron chi connectivity index (χ3n) is 7.51. The second-order valence-corrected chi connectivity index (χ2v) is 9.35. The molecule has 5 atom stereocenters. The van der Waals surface area contributed by atoms with Gasteiger partial charge in [0.15, 0.2) is 11.6 Å².